The normalized spacial score (nSPS) is 14.4. The molecular weight excluding hydrogens is 248 g/mol. The highest BCUT2D eigenvalue weighted by atomic mass is 16.2. The molecule has 1 unspecified atom stereocenters. The van der Waals surface area contributed by atoms with Crippen LogP contribution in [-0.4, -0.2) is 11.9 Å². The maximum Gasteiger partial charge on any atom is 0.237 e. The third-order valence-corrected chi connectivity index (χ3v) is 3.36. The monoisotopic (exact) mass is 276 g/mol. The summed E-state index contributed by atoms with van der Waals surface area (Å²) in [7, 11) is 0. The van der Waals surface area contributed by atoms with Crippen molar-refractivity contribution in [2.24, 2.45) is 17.6 Å². The molecule has 0 saturated carbocycles. The average molecular weight is 276 g/mol. The highest BCUT2D eigenvalue weighted by Gasteiger charge is 2.19. The van der Waals surface area contributed by atoms with Crippen molar-refractivity contribution < 1.29 is 4.79 Å². The van der Waals surface area contributed by atoms with Crippen molar-refractivity contribution in [1.29, 1.82) is 0 Å². The fourth-order valence-electron chi connectivity index (χ4n) is 2.25. The molecule has 1 aromatic rings. The molecular formula is C17H28N2O. The zero-order valence-electron chi connectivity index (χ0n) is 13.3. The summed E-state index contributed by atoms with van der Waals surface area (Å²) in [6, 6.07) is 8.08. The standard InChI is InChI=1S/C17H28N2O/c1-11(2)10-14-6-8-15(9-7-14)16(12(3)4)19-17(20)13(5)18/h6-9,11-13,16H,10,18H2,1-5H3,(H,19,20)/t13-,16?/m1/s1. The van der Waals surface area contributed by atoms with Crippen LogP contribution in [0, 0.1) is 11.8 Å². The van der Waals surface area contributed by atoms with Crippen molar-refractivity contribution in [3.8, 4) is 0 Å². The van der Waals surface area contributed by atoms with E-state index >= 15 is 0 Å². The summed E-state index contributed by atoms with van der Waals surface area (Å²) in [5, 5.41) is 3.03. The van der Waals surface area contributed by atoms with Crippen LogP contribution >= 0.6 is 0 Å². The summed E-state index contributed by atoms with van der Waals surface area (Å²) >= 11 is 0. The molecule has 0 spiro atoms. The number of rotatable bonds is 6. The number of nitrogens with two attached hydrogens (primary N) is 1. The molecule has 3 N–H and O–H groups in total. The summed E-state index contributed by atoms with van der Waals surface area (Å²) in [4.78, 5) is 11.8. The highest BCUT2D eigenvalue weighted by Crippen LogP contribution is 2.22. The Bertz CT molecular complexity index is 421. The third kappa shape index (κ3) is 4.97. The van der Waals surface area contributed by atoms with E-state index in [1.807, 2.05) is 0 Å². The van der Waals surface area contributed by atoms with E-state index in [0.717, 1.165) is 12.0 Å². The molecule has 112 valence electrons. The van der Waals surface area contributed by atoms with Gasteiger partial charge in [-0.05, 0) is 36.3 Å². The van der Waals surface area contributed by atoms with E-state index < -0.39 is 6.04 Å². The van der Waals surface area contributed by atoms with Crippen molar-refractivity contribution in [2.75, 3.05) is 0 Å². The molecule has 2 atom stereocenters. The van der Waals surface area contributed by atoms with Crippen molar-refractivity contribution in [3.63, 3.8) is 0 Å². The van der Waals surface area contributed by atoms with Gasteiger partial charge in [0.1, 0.15) is 0 Å². The molecule has 0 aliphatic rings. The smallest absolute Gasteiger partial charge is 0.237 e. The first-order valence-corrected chi connectivity index (χ1v) is 7.46. The fourth-order valence-corrected chi connectivity index (χ4v) is 2.25. The Morgan fingerprint density at radius 1 is 1.10 bits per heavy atom. The van der Waals surface area contributed by atoms with Crippen molar-refractivity contribution in [2.45, 2.75) is 53.1 Å². The van der Waals surface area contributed by atoms with E-state index in [1.54, 1.807) is 6.92 Å². The second kappa shape index (κ2) is 7.44. The number of nitrogens with one attached hydrogen (secondary N) is 1. The van der Waals surface area contributed by atoms with Crippen LogP contribution in [0.3, 0.4) is 0 Å². The maximum absolute atomic E-state index is 11.8. The van der Waals surface area contributed by atoms with Crippen LogP contribution in [0.15, 0.2) is 24.3 Å². The molecule has 0 aromatic heterocycles. The molecule has 0 fully saturated rings. The van der Waals surface area contributed by atoms with E-state index in [1.165, 1.54) is 5.56 Å². The zero-order valence-corrected chi connectivity index (χ0v) is 13.3. The summed E-state index contributed by atoms with van der Waals surface area (Å²) < 4.78 is 0. The number of carbonyl (C=O) groups excluding carboxylic acids is 1. The molecule has 1 rings (SSSR count). The predicted octanol–water partition coefficient (Wildman–Crippen LogP) is 3.05. The molecule has 0 saturated heterocycles. The average Bonchev–Trinajstić information content (AvgIpc) is 2.35. The topological polar surface area (TPSA) is 55.1 Å². The third-order valence-electron chi connectivity index (χ3n) is 3.36. The lowest BCUT2D eigenvalue weighted by atomic mass is 9.93. The van der Waals surface area contributed by atoms with Crippen LogP contribution < -0.4 is 11.1 Å². The molecule has 1 amide bonds. The van der Waals surface area contributed by atoms with Gasteiger partial charge >= 0.3 is 0 Å². The van der Waals surface area contributed by atoms with Crippen LogP contribution in [0.25, 0.3) is 0 Å². The van der Waals surface area contributed by atoms with Gasteiger partial charge in [0.2, 0.25) is 5.91 Å². The van der Waals surface area contributed by atoms with Gasteiger partial charge in [0.25, 0.3) is 0 Å². The van der Waals surface area contributed by atoms with Gasteiger partial charge in [-0.3, -0.25) is 4.79 Å². The van der Waals surface area contributed by atoms with Gasteiger partial charge in [-0.2, -0.15) is 0 Å². The molecule has 3 nitrogen and oxygen atoms in total. The van der Waals surface area contributed by atoms with Gasteiger partial charge in [0.15, 0.2) is 0 Å². The van der Waals surface area contributed by atoms with Gasteiger partial charge in [0.05, 0.1) is 12.1 Å². The molecule has 3 heteroatoms. The largest absolute Gasteiger partial charge is 0.348 e. The van der Waals surface area contributed by atoms with E-state index in [-0.39, 0.29) is 11.9 Å². The van der Waals surface area contributed by atoms with Crippen molar-refractivity contribution in [3.05, 3.63) is 35.4 Å². The maximum atomic E-state index is 11.8. The minimum absolute atomic E-state index is 0.0154. The SMILES string of the molecule is CC(C)Cc1ccc(C(NC(=O)[C@@H](C)N)C(C)C)cc1. The molecule has 0 aliphatic heterocycles. The Labute approximate surface area is 122 Å². The second-order valence-corrected chi connectivity index (χ2v) is 6.36. The van der Waals surface area contributed by atoms with Crippen LogP contribution in [0.2, 0.25) is 0 Å². The minimum atomic E-state index is -0.475. The van der Waals surface area contributed by atoms with Crippen LogP contribution in [-0.2, 0) is 11.2 Å². The number of benzene rings is 1. The number of carbonyl (C=O) groups is 1. The van der Waals surface area contributed by atoms with E-state index in [2.05, 4.69) is 57.3 Å². The fraction of sp³-hybridized carbons (Fsp3) is 0.588. The van der Waals surface area contributed by atoms with Gasteiger partial charge in [-0.25, -0.2) is 0 Å². The number of hydrogen-bond acceptors (Lipinski definition) is 2. The molecule has 1 aromatic carbocycles. The Kier molecular flexibility index (Phi) is 6.21. The Morgan fingerprint density at radius 2 is 1.65 bits per heavy atom. The number of hydrogen-bond donors (Lipinski definition) is 2. The van der Waals surface area contributed by atoms with Crippen LogP contribution in [0.4, 0.5) is 0 Å². The van der Waals surface area contributed by atoms with Gasteiger partial charge in [-0.1, -0.05) is 52.0 Å². The van der Waals surface area contributed by atoms with Gasteiger partial charge in [0, 0.05) is 0 Å². The van der Waals surface area contributed by atoms with E-state index in [0.29, 0.717) is 11.8 Å². The molecule has 0 bridgehead atoms. The predicted molar refractivity (Wildman–Crippen MR) is 84.4 cm³/mol. The van der Waals surface area contributed by atoms with Crippen LogP contribution in [0.5, 0.6) is 0 Å². The first kappa shape index (κ1) is 16.7. The second-order valence-electron chi connectivity index (χ2n) is 6.36. The van der Waals surface area contributed by atoms with Crippen LogP contribution in [0.1, 0.15) is 51.8 Å². The Balaban J connectivity index is 2.84. The van der Waals surface area contributed by atoms with Gasteiger partial charge in [-0.15, -0.1) is 0 Å². The molecule has 20 heavy (non-hydrogen) atoms. The van der Waals surface area contributed by atoms with E-state index in [9.17, 15) is 4.79 Å². The lowest BCUT2D eigenvalue weighted by Crippen LogP contribution is -2.41. The minimum Gasteiger partial charge on any atom is -0.348 e. The first-order chi connectivity index (χ1) is 9.31. The Morgan fingerprint density at radius 3 is 2.05 bits per heavy atom. The lowest BCUT2D eigenvalue weighted by Gasteiger charge is -2.24. The summed E-state index contributed by atoms with van der Waals surface area (Å²) in [6.07, 6.45) is 1.08. The summed E-state index contributed by atoms with van der Waals surface area (Å²) in [5.74, 6) is 0.878. The lowest BCUT2D eigenvalue weighted by molar-refractivity contribution is -0.123. The molecule has 0 aliphatic carbocycles. The van der Waals surface area contributed by atoms with Gasteiger partial charge < -0.3 is 11.1 Å². The highest BCUT2D eigenvalue weighted by molar-refractivity contribution is 5.81. The van der Waals surface area contributed by atoms with E-state index in [4.69, 9.17) is 5.73 Å². The summed E-state index contributed by atoms with van der Waals surface area (Å²) in [6.45, 7) is 10.3. The number of amides is 1. The Hall–Kier alpha value is -1.35. The molecule has 0 heterocycles. The first-order valence-electron chi connectivity index (χ1n) is 7.46. The summed E-state index contributed by atoms with van der Waals surface area (Å²) in [5.41, 5.74) is 8.11. The zero-order chi connectivity index (χ0) is 15.3. The van der Waals surface area contributed by atoms with Crippen molar-refractivity contribution >= 4 is 5.91 Å². The quantitative estimate of drug-likeness (QED) is 0.839. The molecule has 0 radical (unpaired) electrons. The van der Waals surface area contributed by atoms with Crippen molar-refractivity contribution in [1.82, 2.24) is 5.32 Å².